The number of nitrogens with one attached hydrogen (secondary N) is 1. The number of hydrogen-bond acceptors (Lipinski definition) is 3. The predicted molar refractivity (Wildman–Crippen MR) is 64.2 cm³/mol. The molecular formula is C12H26N2O. The van der Waals surface area contributed by atoms with Crippen molar-refractivity contribution in [3.8, 4) is 0 Å². The van der Waals surface area contributed by atoms with Crippen LogP contribution in [-0.2, 0) is 4.74 Å². The zero-order valence-corrected chi connectivity index (χ0v) is 10.7. The maximum atomic E-state index is 5.73. The first-order chi connectivity index (χ1) is 7.09. The van der Waals surface area contributed by atoms with Crippen molar-refractivity contribution in [1.82, 2.24) is 10.2 Å². The summed E-state index contributed by atoms with van der Waals surface area (Å²) in [6.45, 7) is 10.7. The Morgan fingerprint density at radius 2 is 2.07 bits per heavy atom. The maximum absolute atomic E-state index is 5.73. The Labute approximate surface area is 94.2 Å². The maximum Gasteiger partial charge on any atom is 0.0826 e. The Hall–Kier alpha value is -0.120. The molecule has 15 heavy (non-hydrogen) atoms. The largest absolute Gasteiger partial charge is 0.374 e. The lowest BCUT2D eigenvalue weighted by Crippen LogP contribution is -2.50. The van der Waals surface area contributed by atoms with Gasteiger partial charge in [-0.2, -0.15) is 0 Å². The monoisotopic (exact) mass is 214 g/mol. The first kappa shape index (κ1) is 12.9. The van der Waals surface area contributed by atoms with E-state index in [1.807, 2.05) is 0 Å². The molecule has 1 saturated heterocycles. The van der Waals surface area contributed by atoms with Gasteiger partial charge in [0.1, 0.15) is 0 Å². The van der Waals surface area contributed by atoms with Crippen molar-refractivity contribution in [3.63, 3.8) is 0 Å². The van der Waals surface area contributed by atoms with Crippen molar-refractivity contribution in [2.45, 2.75) is 45.3 Å². The highest BCUT2D eigenvalue weighted by molar-refractivity contribution is 4.82. The third-order valence-corrected chi connectivity index (χ3v) is 3.66. The molecule has 0 bridgehead atoms. The summed E-state index contributed by atoms with van der Waals surface area (Å²) in [5.74, 6) is 0. The first-order valence-electron chi connectivity index (χ1n) is 6.15. The molecule has 3 nitrogen and oxygen atoms in total. The van der Waals surface area contributed by atoms with E-state index in [0.29, 0.717) is 6.10 Å². The summed E-state index contributed by atoms with van der Waals surface area (Å²) in [4.78, 5) is 2.34. The van der Waals surface area contributed by atoms with E-state index >= 15 is 0 Å². The zero-order valence-electron chi connectivity index (χ0n) is 10.7. The first-order valence-corrected chi connectivity index (χ1v) is 6.15. The summed E-state index contributed by atoms with van der Waals surface area (Å²) < 4.78 is 5.73. The molecule has 1 N–H and O–H groups in total. The summed E-state index contributed by atoms with van der Waals surface area (Å²) in [6.07, 6.45) is 2.71. The molecule has 0 aromatic heterocycles. The fourth-order valence-electron chi connectivity index (χ4n) is 1.85. The van der Waals surface area contributed by atoms with Crippen LogP contribution in [0.15, 0.2) is 0 Å². The van der Waals surface area contributed by atoms with Crippen LogP contribution in [0, 0.1) is 0 Å². The molecule has 1 rings (SSSR count). The smallest absolute Gasteiger partial charge is 0.0826 e. The van der Waals surface area contributed by atoms with Crippen molar-refractivity contribution in [1.29, 1.82) is 0 Å². The second-order valence-electron chi connectivity index (χ2n) is 4.90. The normalized spacial score (nSPS) is 24.4. The lowest BCUT2D eigenvalue weighted by atomic mass is 9.95. The molecule has 3 heteroatoms. The van der Waals surface area contributed by atoms with Crippen LogP contribution in [0.3, 0.4) is 0 Å². The van der Waals surface area contributed by atoms with E-state index in [9.17, 15) is 0 Å². The molecular weight excluding hydrogens is 188 g/mol. The van der Waals surface area contributed by atoms with Crippen LogP contribution in [0.25, 0.3) is 0 Å². The molecule has 1 aliphatic heterocycles. The molecule has 1 atom stereocenters. The molecule has 1 aliphatic rings. The quantitative estimate of drug-likeness (QED) is 0.750. The van der Waals surface area contributed by atoms with Crippen LogP contribution in [0.1, 0.15) is 33.6 Å². The molecule has 1 fully saturated rings. The third-order valence-electron chi connectivity index (χ3n) is 3.66. The Morgan fingerprint density at radius 3 is 2.60 bits per heavy atom. The van der Waals surface area contributed by atoms with Crippen LogP contribution in [0.2, 0.25) is 0 Å². The Bertz CT molecular complexity index is 180. The van der Waals surface area contributed by atoms with Gasteiger partial charge in [-0.1, -0.05) is 13.8 Å². The summed E-state index contributed by atoms with van der Waals surface area (Å²) in [7, 11) is 2.16. The molecule has 0 aromatic carbocycles. The minimum absolute atomic E-state index is 0.277. The number of rotatable bonds is 5. The van der Waals surface area contributed by atoms with Gasteiger partial charge in [0.25, 0.3) is 0 Å². The molecule has 0 aliphatic carbocycles. The van der Waals surface area contributed by atoms with Crippen molar-refractivity contribution < 1.29 is 4.74 Å². The van der Waals surface area contributed by atoms with E-state index in [1.165, 1.54) is 12.8 Å². The van der Waals surface area contributed by atoms with Gasteiger partial charge >= 0.3 is 0 Å². The van der Waals surface area contributed by atoms with Gasteiger partial charge in [-0.3, -0.25) is 0 Å². The lowest BCUT2D eigenvalue weighted by Gasteiger charge is -2.34. The number of likely N-dealkylation sites (N-methyl/N-ethyl adjacent to an activating group) is 1. The van der Waals surface area contributed by atoms with Crippen LogP contribution in [0.5, 0.6) is 0 Å². The van der Waals surface area contributed by atoms with Crippen LogP contribution < -0.4 is 5.32 Å². The minimum Gasteiger partial charge on any atom is -0.374 e. The van der Waals surface area contributed by atoms with Gasteiger partial charge in [0.15, 0.2) is 0 Å². The highest BCUT2D eigenvalue weighted by Crippen LogP contribution is 2.14. The van der Waals surface area contributed by atoms with Crippen LogP contribution >= 0.6 is 0 Å². The highest BCUT2D eigenvalue weighted by Gasteiger charge is 2.23. The van der Waals surface area contributed by atoms with Crippen LogP contribution in [-0.4, -0.2) is 49.8 Å². The van der Waals surface area contributed by atoms with Crippen LogP contribution in [0.4, 0.5) is 0 Å². The van der Waals surface area contributed by atoms with Gasteiger partial charge < -0.3 is 15.0 Å². The molecule has 1 heterocycles. The van der Waals surface area contributed by atoms with Crippen molar-refractivity contribution in [2.75, 3.05) is 33.3 Å². The standard InChI is InChI=1S/C12H26N2O/c1-5-12(3,6-2)13-9-11-10-14(4)7-8-15-11/h11,13H,5-10H2,1-4H3. The number of hydrogen-bond donors (Lipinski definition) is 1. The Kier molecular flexibility index (Phi) is 5.03. The summed E-state index contributed by atoms with van der Waals surface area (Å²) in [5.41, 5.74) is 0.277. The second kappa shape index (κ2) is 5.83. The molecule has 1 unspecified atom stereocenters. The average molecular weight is 214 g/mol. The van der Waals surface area contributed by atoms with Gasteiger partial charge in [-0.25, -0.2) is 0 Å². The van der Waals surface area contributed by atoms with Crippen molar-refractivity contribution >= 4 is 0 Å². The SMILES string of the molecule is CCC(C)(CC)NCC1CN(C)CCO1. The van der Waals surface area contributed by atoms with Gasteiger partial charge in [-0.05, 0) is 26.8 Å². The van der Waals surface area contributed by atoms with Gasteiger partial charge in [0.05, 0.1) is 12.7 Å². The van der Waals surface area contributed by atoms with E-state index in [2.05, 4.69) is 38.0 Å². The Morgan fingerprint density at radius 1 is 1.40 bits per heavy atom. The van der Waals surface area contributed by atoms with Crippen molar-refractivity contribution in [3.05, 3.63) is 0 Å². The number of morpholine rings is 1. The molecule has 0 aromatic rings. The van der Waals surface area contributed by atoms with E-state index in [1.54, 1.807) is 0 Å². The topological polar surface area (TPSA) is 24.5 Å². The highest BCUT2D eigenvalue weighted by atomic mass is 16.5. The number of ether oxygens (including phenoxy) is 1. The van der Waals surface area contributed by atoms with Gasteiger partial charge in [0, 0.05) is 25.2 Å². The van der Waals surface area contributed by atoms with E-state index < -0.39 is 0 Å². The average Bonchev–Trinajstić information content (AvgIpc) is 2.26. The molecule has 0 radical (unpaired) electrons. The minimum atomic E-state index is 0.277. The zero-order chi connectivity index (χ0) is 11.3. The molecule has 0 amide bonds. The van der Waals surface area contributed by atoms with E-state index in [0.717, 1.165) is 26.2 Å². The second-order valence-corrected chi connectivity index (χ2v) is 4.90. The number of nitrogens with zero attached hydrogens (tertiary/aromatic N) is 1. The predicted octanol–water partition coefficient (Wildman–Crippen LogP) is 1.49. The van der Waals surface area contributed by atoms with Crippen molar-refractivity contribution in [2.24, 2.45) is 0 Å². The summed E-state index contributed by atoms with van der Waals surface area (Å²) >= 11 is 0. The molecule has 0 saturated carbocycles. The fraction of sp³-hybridized carbons (Fsp3) is 1.00. The lowest BCUT2D eigenvalue weighted by molar-refractivity contribution is -0.0216. The summed E-state index contributed by atoms with van der Waals surface area (Å²) in [6, 6.07) is 0. The van der Waals surface area contributed by atoms with E-state index in [4.69, 9.17) is 4.74 Å². The third kappa shape index (κ3) is 4.09. The summed E-state index contributed by atoms with van der Waals surface area (Å²) in [5, 5.41) is 3.63. The molecule has 90 valence electrons. The molecule has 0 spiro atoms. The van der Waals surface area contributed by atoms with Gasteiger partial charge in [-0.15, -0.1) is 0 Å². The van der Waals surface area contributed by atoms with Gasteiger partial charge in [0.2, 0.25) is 0 Å². The fourth-order valence-corrected chi connectivity index (χ4v) is 1.85. The van der Waals surface area contributed by atoms with E-state index in [-0.39, 0.29) is 5.54 Å². The Balaban J connectivity index is 2.29.